The van der Waals surface area contributed by atoms with Gasteiger partial charge in [0.25, 0.3) is 5.91 Å². The van der Waals surface area contributed by atoms with Gasteiger partial charge in [-0.3, -0.25) is 9.78 Å². The zero-order chi connectivity index (χ0) is 25.2. The lowest BCUT2D eigenvalue weighted by Gasteiger charge is -2.16. The van der Waals surface area contributed by atoms with Crippen LogP contribution in [0.1, 0.15) is 10.4 Å². The highest BCUT2D eigenvalue weighted by molar-refractivity contribution is 7.90. The van der Waals surface area contributed by atoms with E-state index in [0.29, 0.717) is 43.9 Å². The average molecular weight is 527 g/mol. The third-order valence-electron chi connectivity index (χ3n) is 5.29. The number of carbonyl (C=O) groups excluding carboxylic acids is 1. The number of benzene rings is 3. The summed E-state index contributed by atoms with van der Waals surface area (Å²) in [7, 11) is -2.08. The maximum Gasteiger partial charge on any atom is 0.256 e. The first-order valence-corrected chi connectivity index (χ1v) is 13.0. The molecule has 6 nitrogen and oxygen atoms in total. The monoisotopic (exact) mass is 526 g/mol. The summed E-state index contributed by atoms with van der Waals surface area (Å²) in [6.45, 7) is 0. The van der Waals surface area contributed by atoms with E-state index >= 15 is 0 Å². The molecule has 0 aliphatic rings. The summed E-state index contributed by atoms with van der Waals surface area (Å²) in [4.78, 5) is 17.8. The van der Waals surface area contributed by atoms with E-state index in [-0.39, 0.29) is 10.5 Å². The number of carbonyl (C=O) groups is 1. The van der Waals surface area contributed by atoms with E-state index in [4.69, 9.17) is 27.9 Å². The molecule has 3 aromatic carbocycles. The van der Waals surface area contributed by atoms with Crippen molar-refractivity contribution in [2.75, 3.05) is 18.7 Å². The molecule has 0 saturated heterocycles. The number of ether oxygens (including phenoxy) is 1. The van der Waals surface area contributed by atoms with Gasteiger partial charge in [-0.05, 0) is 60.2 Å². The Balaban J connectivity index is 1.80. The molecule has 0 bridgehead atoms. The van der Waals surface area contributed by atoms with Crippen molar-refractivity contribution in [1.82, 2.24) is 4.98 Å². The summed E-state index contributed by atoms with van der Waals surface area (Å²) in [5.74, 6) is -0.117. The molecule has 4 rings (SSSR count). The lowest BCUT2D eigenvalue weighted by atomic mass is 9.98. The van der Waals surface area contributed by atoms with Crippen molar-refractivity contribution in [3.63, 3.8) is 0 Å². The highest BCUT2D eigenvalue weighted by atomic mass is 35.5. The second-order valence-electron chi connectivity index (χ2n) is 7.66. The van der Waals surface area contributed by atoms with Gasteiger partial charge < -0.3 is 10.1 Å². The van der Waals surface area contributed by atoms with Gasteiger partial charge in [0, 0.05) is 34.8 Å². The van der Waals surface area contributed by atoms with Crippen LogP contribution in [-0.2, 0) is 9.84 Å². The number of aromatic nitrogens is 1. The van der Waals surface area contributed by atoms with Crippen LogP contribution in [0.5, 0.6) is 5.75 Å². The standard InChI is InChI=1S/C26H20Cl2N2O4S/c1-34-25-18(6-5-7-23(25)28)20-15-17(35(2,32)33)10-11-19(20)26(31)30-16-9-12-22(27)21(14-16)24-8-3-4-13-29-24/h3-15H,1-2H3,(H,30,31). The molecular weight excluding hydrogens is 507 g/mol. The molecule has 0 saturated carbocycles. The molecule has 0 unspecified atom stereocenters. The molecule has 9 heteroatoms. The molecule has 0 aliphatic carbocycles. The van der Waals surface area contributed by atoms with Crippen LogP contribution in [0.3, 0.4) is 0 Å². The molecule has 4 aromatic rings. The van der Waals surface area contributed by atoms with Crippen molar-refractivity contribution in [3.05, 3.63) is 94.6 Å². The maximum atomic E-state index is 13.4. The van der Waals surface area contributed by atoms with Crippen LogP contribution >= 0.6 is 23.2 Å². The van der Waals surface area contributed by atoms with Crippen LogP contribution < -0.4 is 10.1 Å². The minimum atomic E-state index is -3.53. The fraction of sp³-hybridized carbons (Fsp3) is 0.0769. The molecule has 1 N–H and O–H groups in total. The summed E-state index contributed by atoms with van der Waals surface area (Å²) in [5, 5.41) is 3.69. The zero-order valence-electron chi connectivity index (χ0n) is 18.7. The van der Waals surface area contributed by atoms with Crippen molar-refractivity contribution in [1.29, 1.82) is 0 Å². The van der Waals surface area contributed by atoms with Gasteiger partial charge in [0.1, 0.15) is 5.75 Å². The number of halogens is 2. The topological polar surface area (TPSA) is 85.4 Å². The second kappa shape index (κ2) is 10.1. The molecule has 0 aliphatic heterocycles. The van der Waals surface area contributed by atoms with Gasteiger partial charge in [0.15, 0.2) is 9.84 Å². The molecule has 0 spiro atoms. The van der Waals surface area contributed by atoms with Gasteiger partial charge in [-0.25, -0.2) is 8.42 Å². The number of sulfone groups is 1. The normalized spacial score (nSPS) is 11.2. The van der Waals surface area contributed by atoms with Crippen molar-refractivity contribution in [2.24, 2.45) is 0 Å². The van der Waals surface area contributed by atoms with Gasteiger partial charge in [-0.2, -0.15) is 0 Å². The Labute approximate surface area is 213 Å². The molecule has 1 amide bonds. The molecule has 1 heterocycles. The molecule has 0 fully saturated rings. The van der Waals surface area contributed by atoms with E-state index in [1.807, 2.05) is 12.1 Å². The molecule has 0 radical (unpaired) electrons. The quantitative estimate of drug-likeness (QED) is 0.314. The van der Waals surface area contributed by atoms with Crippen molar-refractivity contribution < 1.29 is 17.9 Å². The number of pyridine rings is 1. The molecule has 0 atom stereocenters. The highest BCUT2D eigenvalue weighted by Crippen LogP contribution is 2.39. The lowest BCUT2D eigenvalue weighted by Crippen LogP contribution is -2.14. The fourth-order valence-electron chi connectivity index (χ4n) is 3.62. The van der Waals surface area contributed by atoms with Gasteiger partial charge >= 0.3 is 0 Å². The Morgan fingerprint density at radius 2 is 1.69 bits per heavy atom. The third-order valence-corrected chi connectivity index (χ3v) is 7.03. The Hall–Kier alpha value is -3.39. The average Bonchev–Trinajstić information content (AvgIpc) is 2.84. The fourth-order valence-corrected chi connectivity index (χ4v) is 4.74. The number of amides is 1. The zero-order valence-corrected chi connectivity index (χ0v) is 21.1. The summed E-state index contributed by atoms with van der Waals surface area (Å²) >= 11 is 12.7. The van der Waals surface area contributed by atoms with E-state index in [2.05, 4.69) is 10.3 Å². The second-order valence-corrected chi connectivity index (χ2v) is 10.5. The minimum absolute atomic E-state index is 0.0648. The van der Waals surface area contributed by atoms with E-state index < -0.39 is 15.7 Å². The van der Waals surface area contributed by atoms with Crippen LogP contribution in [0.15, 0.2) is 83.9 Å². The number of hydrogen-bond donors (Lipinski definition) is 1. The predicted molar refractivity (Wildman–Crippen MR) is 139 cm³/mol. The minimum Gasteiger partial charge on any atom is -0.495 e. The Morgan fingerprint density at radius 3 is 2.37 bits per heavy atom. The largest absolute Gasteiger partial charge is 0.495 e. The van der Waals surface area contributed by atoms with Crippen LogP contribution in [0.2, 0.25) is 10.0 Å². The van der Waals surface area contributed by atoms with Crippen molar-refractivity contribution in [3.8, 4) is 28.1 Å². The Bertz CT molecular complexity index is 1520. The van der Waals surface area contributed by atoms with Crippen LogP contribution in [0.25, 0.3) is 22.4 Å². The first kappa shape index (κ1) is 24.7. The maximum absolute atomic E-state index is 13.4. The number of rotatable bonds is 6. The van der Waals surface area contributed by atoms with E-state index in [9.17, 15) is 13.2 Å². The van der Waals surface area contributed by atoms with Crippen LogP contribution in [0, 0.1) is 0 Å². The molecule has 35 heavy (non-hydrogen) atoms. The Kier molecular flexibility index (Phi) is 7.12. The van der Waals surface area contributed by atoms with Crippen LogP contribution in [-0.4, -0.2) is 32.7 Å². The van der Waals surface area contributed by atoms with E-state index in [1.54, 1.807) is 48.7 Å². The van der Waals surface area contributed by atoms with E-state index in [0.717, 1.165) is 6.26 Å². The first-order valence-electron chi connectivity index (χ1n) is 10.4. The number of nitrogens with zero attached hydrogens (tertiary/aromatic N) is 1. The number of methoxy groups -OCH3 is 1. The summed E-state index contributed by atoms with van der Waals surface area (Å²) in [6, 6.07) is 19.9. The molecule has 1 aromatic heterocycles. The van der Waals surface area contributed by atoms with Crippen molar-refractivity contribution >= 4 is 44.6 Å². The van der Waals surface area contributed by atoms with Crippen molar-refractivity contribution in [2.45, 2.75) is 4.90 Å². The number of nitrogens with one attached hydrogen (secondary N) is 1. The van der Waals surface area contributed by atoms with E-state index in [1.165, 1.54) is 25.3 Å². The number of hydrogen-bond acceptors (Lipinski definition) is 5. The van der Waals surface area contributed by atoms with Crippen LogP contribution in [0.4, 0.5) is 5.69 Å². The first-order chi connectivity index (χ1) is 16.7. The SMILES string of the molecule is COc1c(Cl)cccc1-c1cc(S(C)(=O)=O)ccc1C(=O)Nc1ccc(Cl)c(-c2ccccn2)c1. The lowest BCUT2D eigenvalue weighted by molar-refractivity contribution is 0.102. The summed E-state index contributed by atoms with van der Waals surface area (Å²) < 4.78 is 29.9. The van der Waals surface area contributed by atoms with Gasteiger partial charge in [0.05, 0.1) is 27.7 Å². The molecular formula is C26H20Cl2N2O4S. The Morgan fingerprint density at radius 1 is 0.886 bits per heavy atom. The van der Waals surface area contributed by atoms with Gasteiger partial charge in [-0.15, -0.1) is 0 Å². The highest BCUT2D eigenvalue weighted by Gasteiger charge is 2.21. The summed E-state index contributed by atoms with van der Waals surface area (Å²) in [6.07, 6.45) is 2.76. The third kappa shape index (κ3) is 5.32. The summed E-state index contributed by atoms with van der Waals surface area (Å²) in [5.41, 5.74) is 2.91. The molecule has 178 valence electrons. The smallest absolute Gasteiger partial charge is 0.256 e. The number of anilines is 1. The number of para-hydroxylation sites is 1. The van der Waals surface area contributed by atoms with Gasteiger partial charge in [0.2, 0.25) is 0 Å². The van der Waals surface area contributed by atoms with Gasteiger partial charge in [-0.1, -0.05) is 41.4 Å². The predicted octanol–water partition coefficient (Wildman–Crippen LogP) is 6.39.